The van der Waals surface area contributed by atoms with Crippen LogP contribution in [0.2, 0.25) is 0 Å². The maximum absolute atomic E-state index is 8.12. The summed E-state index contributed by atoms with van der Waals surface area (Å²) in [5.41, 5.74) is 16.2. The van der Waals surface area contributed by atoms with Gasteiger partial charge in [-0.1, -0.05) is 10.2 Å². The maximum atomic E-state index is 8.12. The molecule has 0 spiro atoms. The summed E-state index contributed by atoms with van der Waals surface area (Å²) in [6.45, 7) is 11.1. The van der Waals surface area contributed by atoms with Crippen LogP contribution in [0.5, 0.6) is 0 Å². The van der Waals surface area contributed by atoms with Crippen molar-refractivity contribution in [3.05, 3.63) is 20.9 Å². The van der Waals surface area contributed by atoms with Gasteiger partial charge in [-0.2, -0.15) is 0 Å². The van der Waals surface area contributed by atoms with E-state index >= 15 is 0 Å². The number of nitrogens with zero attached hydrogens (tertiary/aromatic N) is 6. The predicted molar refractivity (Wildman–Crippen MR) is 147 cm³/mol. The molecule has 240 valence electrons. The third-order valence-corrected chi connectivity index (χ3v) is 4.52. The zero-order chi connectivity index (χ0) is 29.6. The van der Waals surface area contributed by atoms with Gasteiger partial charge in [0.15, 0.2) is 0 Å². The van der Waals surface area contributed by atoms with Gasteiger partial charge in [0.1, 0.15) is 0 Å². The fourth-order valence-electron chi connectivity index (χ4n) is 2.60. The first-order chi connectivity index (χ1) is 20.4. The van der Waals surface area contributed by atoms with Crippen LogP contribution in [0.15, 0.2) is 10.2 Å². The molecule has 41 heavy (non-hydrogen) atoms. The number of ether oxygens (including phenoxy) is 11. The molecule has 0 atom stereocenters. The Bertz CT molecular complexity index is 565. The predicted octanol–water partition coefficient (Wildman–Crippen LogP) is 1.79. The highest BCUT2D eigenvalue weighted by atomic mass is 16.6. The highest BCUT2D eigenvalue weighted by Crippen LogP contribution is 1.87. The molecular formula is C24H48N6O11. The van der Waals surface area contributed by atoms with E-state index in [1.54, 1.807) is 0 Å². The molecule has 0 aliphatic rings. The van der Waals surface area contributed by atoms with Crippen molar-refractivity contribution in [2.75, 3.05) is 158 Å². The Kier molecular flexibility index (Phi) is 36.5. The molecule has 17 nitrogen and oxygen atoms in total. The molecule has 0 aromatic carbocycles. The van der Waals surface area contributed by atoms with E-state index in [4.69, 9.17) is 63.2 Å². The maximum Gasteiger partial charge on any atom is 0.0701 e. The third-order valence-electron chi connectivity index (χ3n) is 4.52. The summed E-state index contributed by atoms with van der Waals surface area (Å²) >= 11 is 0. The zero-order valence-corrected chi connectivity index (χ0v) is 24.1. The smallest absolute Gasteiger partial charge is 0.0701 e. The van der Waals surface area contributed by atoms with Crippen molar-refractivity contribution < 1.29 is 52.1 Å². The number of azide groups is 2. The highest BCUT2D eigenvalue weighted by Gasteiger charge is 1.96. The normalized spacial score (nSPS) is 10.9. The number of hydrogen-bond acceptors (Lipinski definition) is 13. The van der Waals surface area contributed by atoms with Gasteiger partial charge in [0.2, 0.25) is 0 Å². The Morgan fingerprint density at radius 2 is 0.415 bits per heavy atom. The SMILES string of the molecule is [N-]=[N+]=NCCOCCOCCOCCOCCOCCOCCOCCOCCOCCOCCOCCN=[N+]=[N-]. The van der Waals surface area contributed by atoms with Crippen LogP contribution in [-0.2, 0) is 52.1 Å². The molecule has 0 aliphatic carbocycles. The van der Waals surface area contributed by atoms with Crippen LogP contribution in [0.25, 0.3) is 20.9 Å². The van der Waals surface area contributed by atoms with E-state index in [2.05, 4.69) is 20.1 Å². The van der Waals surface area contributed by atoms with E-state index in [-0.39, 0.29) is 0 Å². The van der Waals surface area contributed by atoms with E-state index < -0.39 is 0 Å². The quantitative estimate of drug-likeness (QED) is 0.0442. The Morgan fingerprint density at radius 3 is 0.561 bits per heavy atom. The van der Waals surface area contributed by atoms with Gasteiger partial charge in [-0.15, -0.1) is 0 Å². The Hall–Kier alpha value is -1.82. The van der Waals surface area contributed by atoms with Crippen LogP contribution in [0.1, 0.15) is 0 Å². The Morgan fingerprint density at radius 1 is 0.268 bits per heavy atom. The average Bonchev–Trinajstić information content (AvgIpc) is 2.98. The van der Waals surface area contributed by atoms with Gasteiger partial charge in [0, 0.05) is 22.9 Å². The molecule has 0 radical (unpaired) electrons. The lowest BCUT2D eigenvalue weighted by molar-refractivity contribution is -0.0273. The zero-order valence-electron chi connectivity index (χ0n) is 24.1. The van der Waals surface area contributed by atoms with Crippen molar-refractivity contribution in [2.45, 2.75) is 0 Å². The summed E-state index contributed by atoms with van der Waals surface area (Å²) in [5.74, 6) is 0. The van der Waals surface area contributed by atoms with Crippen molar-refractivity contribution in [3.63, 3.8) is 0 Å². The minimum Gasteiger partial charge on any atom is -0.379 e. The first-order valence-electron chi connectivity index (χ1n) is 13.8. The molecule has 0 fully saturated rings. The summed E-state index contributed by atoms with van der Waals surface area (Å²) in [6, 6.07) is 0. The van der Waals surface area contributed by atoms with Crippen LogP contribution in [-0.4, -0.2) is 158 Å². The van der Waals surface area contributed by atoms with Gasteiger partial charge in [-0.25, -0.2) is 0 Å². The van der Waals surface area contributed by atoms with Gasteiger partial charge in [-0.05, 0) is 11.1 Å². The minimum atomic E-state index is 0.325. The fraction of sp³-hybridized carbons (Fsp3) is 1.00. The van der Waals surface area contributed by atoms with Crippen molar-refractivity contribution in [2.24, 2.45) is 10.2 Å². The van der Waals surface area contributed by atoms with E-state index in [1.165, 1.54) is 0 Å². The van der Waals surface area contributed by atoms with Gasteiger partial charge in [-0.3, -0.25) is 0 Å². The van der Waals surface area contributed by atoms with E-state index in [0.29, 0.717) is 158 Å². The molecule has 0 rings (SSSR count). The van der Waals surface area contributed by atoms with Gasteiger partial charge >= 0.3 is 0 Å². The summed E-state index contributed by atoms with van der Waals surface area (Å²) in [7, 11) is 0. The second-order valence-electron chi connectivity index (χ2n) is 7.65. The first kappa shape index (κ1) is 39.2. The van der Waals surface area contributed by atoms with E-state index in [9.17, 15) is 0 Å². The molecule has 0 N–H and O–H groups in total. The summed E-state index contributed by atoms with van der Waals surface area (Å²) in [6.07, 6.45) is 0. The molecule has 0 aromatic heterocycles. The first-order valence-corrected chi connectivity index (χ1v) is 13.8. The third kappa shape index (κ3) is 38.2. The number of hydrogen-bond donors (Lipinski definition) is 0. The molecular weight excluding hydrogens is 548 g/mol. The molecule has 17 heteroatoms. The average molecular weight is 597 g/mol. The number of rotatable bonds is 36. The fourth-order valence-corrected chi connectivity index (χ4v) is 2.60. The lowest BCUT2D eigenvalue weighted by Crippen LogP contribution is -2.15. The van der Waals surface area contributed by atoms with Crippen LogP contribution in [0.4, 0.5) is 0 Å². The van der Waals surface area contributed by atoms with Crippen molar-refractivity contribution >= 4 is 0 Å². The van der Waals surface area contributed by atoms with E-state index in [0.717, 1.165) is 0 Å². The highest BCUT2D eigenvalue weighted by molar-refractivity contribution is 4.45. The Balaban J connectivity index is 3.04. The summed E-state index contributed by atoms with van der Waals surface area (Å²) < 4.78 is 59.1. The van der Waals surface area contributed by atoms with Crippen LogP contribution in [0.3, 0.4) is 0 Å². The Labute approximate surface area is 242 Å². The summed E-state index contributed by atoms with van der Waals surface area (Å²) in [5, 5.41) is 6.73. The lowest BCUT2D eigenvalue weighted by Gasteiger charge is -2.09. The van der Waals surface area contributed by atoms with Crippen LogP contribution in [0, 0.1) is 0 Å². The van der Waals surface area contributed by atoms with Crippen LogP contribution < -0.4 is 0 Å². The molecule has 0 bridgehead atoms. The monoisotopic (exact) mass is 596 g/mol. The molecule has 0 aromatic rings. The molecule has 0 saturated carbocycles. The molecule has 0 amide bonds. The van der Waals surface area contributed by atoms with Crippen molar-refractivity contribution in [1.29, 1.82) is 0 Å². The largest absolute Gasteiger partial charge is 0.379 e. The molecule has 0 heterocycles. The second-order valence-corrected chi connectivity index (χ2v) is 7.65. The molecule has 0 saturated heterocycles. The van der Waals surface area contributed by atoms with Crippen molar-refractivity contribution in [1.82, 2.24) is 0 Å². The van der Waals surface area contributed by atoms with Gasteiger partial charge in [0.25, 0.3) is 0 Å². The minimum absolute atomic E-state index is 0.325. The standard InChI is InChI=1S/C24H48N6O11/c25-29-27-1-3-31-5-7-33-9-11-35-13-15-37-17-19-39-21-23-41-24-22-40-20-18-38-16-14-36-12-10-34-8-6-32-4-2-28-30-26/h1-24H2. The lowest BCUT2D eigenvalue weighted by atomic mass is 10.6. The molecule has 0 unspecified atom stereocenters. The summed E-state index contributed by atoms with van der Waals surface area (Å²) in [4.78, 5) is 5.28. The topological polar surface area (TPSA) is 199 Å². The van der Waals surface area contributed by atoms with Crippen LogP contribution >= 0.6 is 0 Å². The van der Waals surface area contributed by atoms with Crippen molar-refractivity contribution in [3.8, 4) is 0 Å². The van der Waals surface area contributed by atoms with E-state index in [1.807, 2.05) is 0 Å². The molecule has 0 aliphatic heterocycles. The van der Waals surface area contributed by atoms with Gasteiger partial charge < -0.3 is 52.1 Å². The second kappa shape index (κ2) is 38.2. The van der Waals surface area contributed by atoms with Gasteiger partial charge in [0.05, 0.1) is 145 Å².